The van der Waals surface area contributed by atoms with Crippen molar-refractivity contribution in [3.05, 3.63) is 24.3 Å². The van der Waals surface area contributed by atoms with Crippen LogP contribution in [0.15, 0.2) is 24.3 Å². The molecular weight excluding hydrogens is 322 g/mol. The van der Waals surface area contributed by atoms with Crippen LogP contribution in [0, 0.1) is 0 Å². The van der Waals surface area contributed by atoms with Crippen molar-refractivity contribution in [3.63, 3.8) is 0 Å². The molecule has 1 aromatic rings. The predicted octanol–water partition coefficient (Wildman–Crippen LogP) is 1.81. The number of likely N-dealkylation sites (tertiary alicyclic amines) is 1. The third-order valence-electron chi connectivity index (χ3n) is 4.54. The number of amides is 2. The normalized spacial score (nSPS) is 19.0. The van der Waals surface area contributed by atoms with Gasteiger partial charge in [0.25, 0.3) is 0 Å². The van der Waals surface area contributed by atoms with Crippen LogP contribution in [-0.2, 0) is 19.1 Å². The summed E-state index contributed by atoms with van der Waals surface area (Å²) in [5, 5.41) is 5.97. The number of nitrogens with zero attached hydrogens (tertiary/aromatic N) is 1. The number of piperidine rings is 1. The quantitative estimate of drug-likeness (QED) is 0.849. The van der Waals surface area contributed by atoms with Gasteiger partial charge in [-0.25, -0.2) is 0 Å². The first-order valence-corrected chi connectivity index (χ1v) is 8.74. The maximum Gasteiger partial charge on any atom is 0.224 e. The number of carbonyl (C=O) groups excluding carboxylic acids is 2. The molecule has 2 heterocycles. The lowest BCUT2D eigenvalue weighted by Gasteiger charge is -2.37. The van der Waals surface area contributed by atoms with Gasteiger partial charge >= 0.3 is 0 Å². The first-order chi connectivity index (χ1) is 12.1. The molecule has 0 atom stereocenters. The molecule has 7 heteroatoms. The standard InChI is InChI=1S/C18H25N3O4/c1-14(22)20-16-4-2-3-15(13-16)19-8-5-17(23)21-9-6-18(7-10-21)24-11-12-25-18/h2-4,13,19H,5-12H2,1H3,(H,20,22). The predicted molar refractivity (Wildman–Crippen MR) is 94.3 cm³/mol. The van der Waals surface area contributed by atoms with Gasteiger partial charge < -0.3 is 25.0 Å². The highest BCUT2D eigenvalue weighted by Crippen LogP contribution is 2.31. The first kappa shape index (κ1) is 17.7. The van der Waals surface area contributed by atoms with Crippen LogP contribution in [0.2, 0.25) is 0 Å². The van der Waals surface area contributed by atoms with Gasteiger partial charge in [-0.3, -0.25) is 9.59 Å². The summed E-state index contributed by atoms with van der Waals surface area (Å²) >= 11 is 0. The van der Waals surface area contributed by atoms with E-state index in [-0.39, 0.29) is 11.8 Å². The molecule has 0 aromatic heterocycles. The zero-order valence-corrected chi connectivity index (χ0v) is 14.5. The van der Waals surface area contributed by atoms with E-state index < -0.39 is 5.79 Å². The Bertz CT molecular complexity index is 619. The smallest absolute Gasteiger partial charge is 0.224 e. The second kappa shape index (κ2) is 7.84. The van der Waals surface area contributed by atoms with Gasteiger partial charge in [-0.1, -0.05) is 6.07 Å². The maximum absolute atomic E-state index is 12.4. The second-order valence-electron chi connectivity index (χ2n) is 6.43. The van der Waals surface area contributed by atoms with Crippen molar-refractivity contribution in [2.24, 2.45) is 0 Å². The molecule has 25 heavy (non-hydrogen) atoms. The molecule has 2 aliphatic heterocycles. The maximum atomic E-state index is 12.4. The zero-order valence-electron chi connectivity index (χ0n) is 14.5. The number of rotatable bonds is 5. The van der Waals surface area contributed by atoms with E-state index in [0.29, 0.717) is 39.3 Å². The van der Waals surface area contributed by atoms with E-state index in [1.165, 1.54) is 6.92 Å². The molecule has 2 amide bonds. The molecule has 2 fully saturated rings. The lowest BCUT2D eigenvalue weighted by molar-refractivity contribution is -0.187. The SMILES string of the molecule is CC(=O)Nc1cccc(NCCC(=O)N2CCC3(CC2)OCCO3)c1. The van der Waals surface area contributed by atoms with Crippen molar-refractivity contribution in [2.75, 3.05) is 43.5 Å². The van der Waals surface area contributed by atoms with Crippen LogP contribution in [0.4, 0.5) is 11.4 Å². The summed E-state index contributed by atoms with van der Waals surface area (Å²) < 4.78 is 11.4. The summed E-state index contributed by atoms with van der Waals surface area (Å²) in [6.45, 7) is 4.68. The number of anilines is 2. The molecule has 0 unspecified atom stereocenters. The van der Waals surface area contributed by atoms with Crippen LogP contribution < -0.4 is 10.6 Å². The van der Waals surface area contributed by atoms with Crippen molar-refractivity contribution >= 4 is 23.2 Å². The summed E-state index contributed by atoms with van der Waals surface area (Å²) in [4.78, 5) is 25.3. The van der Waals surface area contributed by atoms with Gasteiger partial charge in [-0.15, -0.1) is 0 Å². The first-order valence-electron chi connectivity index (χ1n) is 8.74. The van der Waals surface area contributed by atoms with Crippen molar-refractivity contribution < 1.29 is 19.1 Å². The molecule has 1 aromatic carbocycles. The highest BCUT2D eigenvalue weighted by molar-refractivity contribution is 5.89. The molecule has 0 aliphatic carbocycles. The van der Waals surface area contributed by atoms with Crippen molar-refractivity contribution in [3.8, 4) is 0 Å². The van der Waals surface area contributed by atoms with Gasteiger partial charge in [0.1, 0.15) is 0 Å². The molecule has 2 N–H and O–H groups in total. The molecule has 136 valence electrons. The number of nitrogens with one attached hydrogen (secondary N) is 2. The fraction of sp³-hybridized carbons (Fsp3) is 0.556. The molecular formula is C18H25N3O4. The molecule has 2 saturated heterocycles. The van der Waals surface area contributed by atoms with E-state index in [0.717, 1.165) is 24.2 Å². The lowest BCUT2D eigenvalue weighted by atomic mass is 10.0. The Kier molecular flexibility index (Phi) is 5.55. The minimum absolute atomic E-state index is 0.106. The van der Waals surface area contributed by atoms with Crippen molar-refractivity contribution in [1.29, 1.82) is 0 Å². The second-order valence-corrected chi connectivity index (χ2v) is 6.43. The summed E-state index contributed by atoms with van der Waals surface area (Å²) in [6, 6.07) is 7.45. The molecule has 1 spiro atoms. The Morgan fingerprint density at radius 1 is 1.16 bits per heavy atom. The summed E-state index contributed by atoms with van der Waals surface area (Å²) in [7, 11) is 0. The van der Waals surface area contributed by atoms with E-state index in [9.17, 15) is 9.59 Å². The van der Waals surface area contributed by atoms with Crippen LogP contribution in [0.1, 0.15) is 26.2 Å². The summed E-state index contributed by atoms with van der Waals surface area (Å²) in [6.07, 6.45) is 1.91. The van der Waals surface area contributed by atoms with Crippen LogP contribution >= 0.6 is 0 Å². The van der Waals surface area contributed by atoms with Gasteiger partial charge in [0.15, 0.2) is 5.79 Å². The molecule has 2 aliphatic rings. The van der Waals surface area contributed by atoms with Crippen LogP contribution in [0.25, 0.3) is 0 Å². The molecule has 3 rings (SSSR count). The Labute approximate surface area is 147 Å². The number of benzene rings is 1. The fourth-order valence-corrected chi connectivity index (χ4v) is 3.26. The van der Waals surface area contributed by atoms with Gasteiger partial charge in [0.05, 0.1) is 13.2 Å². The Balaban J connectivity index is 1.41. The minimum atomic E-state index is -0.445. The summed E-state index contributed by atoms with van der Waals surface area (Å²) in [5.41, 5.74) is 1.62. The Morgan fingerprint density at radius 2 is 1.84 bits per heavy atom. The average Bonchev–Trinajstić information content (AvgIpc) is 3.03. The van der Waals surface area contributed by atoms with Crippen LogP contribution in [-0.4, -0.2) is 55.3 Å². The van der Waals surface area contributed by atoms with Gasteiger partial charge in [0, 0.05) is 57.2 Å². The fourth-order valence-electron chi connectivity index (χ4n) is 3.26. The summed E-state index contributed by atoms with van der Waals surface area (Å²) in [5.74, 6) is -0.414. The van der Waals surface area contributed by atoms with Crippen LogP contribution in [0.5, 0.6) is 0 Å². The zero-order chi connectivity index (χ0) is 17.7. The highest BCUT2D eigenvalue weighted by Gasteiger charge is 2.40. The van der Waals surface area contributed by atoms with Crippen molar-refractivity contribution in [2.45, 2.75) is 32.0 Å². The molecule has 7 nitrogen and oxygen atoms in total. The van der Waals surface area contributed by atoms with Crippen molar-refractivity contribution in [1.82, 2.24) is 4.90 Å². The van der Waals surface area contributed by atoms with Gasteiger partial charge in [0.2, 0.25) is 11.8 Å². The van der Waals surface area contributed by atoms with Gasteiger partial charge in [-0.05, 0) is 18.2 Å². The lowest BCUT2D eigenvalue weighted by Crippen LogP contribution is -2.47. The van der Waals surface area contributed by atoms with Crippen LogP contribution in [0.3, 0.4) is 0 Å². The van der Waals surface area contributed by atoms with E-state index in [2.05, 4.69) is 10.6 Å². The highest BCUT2D eigenvalue weighted by atomic mass is 16.7. The average molecular weight is 347 g/mol. The number of hydrogen-bond acceptors (Lipinski definition) is 5. The number of ether oxygens (including phenoxy) is 2. The largest absolute Gasteiger partial charge is 0.384 e. The Morgan fingerprint density at radius 3 is 2.52 bits per heavy atom. The molecule has 0 bridgehead atoms. The number of hydrogen-bond donors (Lipinski definition) is 2. The van der Waals surface area contributed by atoms with Gasteiger partial charge in [-0.2, -0.15) is 0 Å². The van der Waals surface area contributed by atoms with E-state index in [1.807, 2.05) is 29.2 Å². The third kappa shape index (κ3) is 4.70. The minimum Gasteiger partial charge on any atom is -0.384 e. The topological polar surface area (TPSA) is 79.9 Å². The monoisotopic (exact) mass is 347 g/mol. The molecule has 0 saturated carbocycles. The van der Waals surface area contributed by atoms with E-state index in [1.54, 1.807) is 0 Å². The third-order valence-corrected chi connectivity index (χ3v) is 4.54. The van der Waals surface area contributed by atoms with E-state index in [4.69, 9.17) is 9.47 Å². The van der Waals surface area contributed by atoms with E-state index >= 15 is 0 Å². The Hall–Kier alpha value is -2.12. The molecule has 0 radical (unpaired) electrons. The number of carbonyl (C=O) groups is 2.